The van der Waals surface area contributed by atoms with Gasteiger partial charge in [0.15, 0.2) is 0 Å². The minimum absolute atomic E-state index is 0.00743. The molecule has 6 rings (SSSR count). The first-order valence-electron chi connectivity index (χ1n) is 16.5. The fourth-order valence-electron chi connectivity index (χ4n) is 5.87. The summed E-state index contributed by atoms with van der Waals surface area (Å²) in [5.74, 6) is 0.126. The fourth-order valence-corrected chi connectivity index (χ4v) is 7.84. The zero-order chi connectivity index (χ0) is 31.2. The Bertz CT molecular complexity index is 1570. The lowest BCUT2D eigenvalue weighted by Gasteiger charge is -2.27. The average molecular weight is 642 g/mol. The van der Waals surface area contributed by atoms with Gasteiger partial charge in [0.2, 0.25) is 11.8 Å². The van der Waals surface area contributed by atoms with Gasteiger partial charge in [0.1, 0.15) is 16.1 Å². The summed E-state index contributed by atoms with van der Waals surface area (Å²) in [5, 5.41) is 8.69. The molecule has 2 unspecified atom stereocenters. The zero-order valence-electron chi connectivity index (χ0n) is 26.3. The van der Waals surface area contributed by atoms with Gasteiger partial charge in [0.25, 0.3) is 0 Å². The van der Waals surface area contributed by atoms with Crippen molar-refractivity contribution in [3.05, 3.63) is 70.9 Å². The summed E-state index contributed by atoms with van der Waals surface area (Å²) in [7, 11) is 0. The van der Waals surface area contributed by atoms with Gasteiger partial charge in [0, 0.05) is 24.9 Å². The normalized spacial score (nSPS) is 16.9. The molecule has 2 aliphatic rings. The third-order valence-electron chi connectivity index (χ3n) is 8.65. The number of thiazole rings is 2. The number of hydrogen-bond donors (Lipinski definition) is 2. The minimum atomic E-state index is -0.459. The molecule has 0 radical (unpaired) electrons. The standard InChI is InChI=1S/C36H43N5O2S2/c1-3-5-7-30(40-34(42)28-17-18-28)36(43)41(20-4-2)23-33-38-21-31(44-33)26-13-9-24(10-14-26)25-11-15-27(16-12-25)32-22-39-35(45-32)29-8-6-19-37-29/h9-16,21-22,28-30,37H,3-8,17-20,23H2,1-2H3,(H,40,42). The van der Waals surface area contributed by atoms with Crippen molar-refractivity contribution in [3.8, 4) is 32.0 Å². The maximum Gasteiger partial charge on any atom is 0.245 e. The van der Waals surface area contributed by atoms with Crippen LogP contribution >= 0.6 is 22.7 Å². The van der Waals surface area contributed by atoms with Crippen LogP contribution in [0.1, 0.15) is 81.3 Å². The Morgan fingerprint density at radius 3 is 2.13 bits per heavy atom. The number of benzene rings is 2. The topological polar surface area (TPSA) is 87.2 Å². The number of carbonyl (C=O) groups excluding carboxylic acids is 2. The van der Waals surface area contributed by atoms with Gasteiger partial charge in [-0.1, -0.05) is 75.2 Å². The van der Waals surface area contributed by atoms with E-state index in [4.69, 9.17) is 4.98 Å². The van der Waals surface area contributed by atoms with Crippen molar-refractivity contribution in [3.63, 3.8) is 0 Å². The van der Waals surface area contributed by atoms with E-state index in [0.29, 0.717) is 25.6 Å². The molecule has 1 saturated heterocycles. The highest BCUT2D eigenvalue weighted by molar-refractivity contribution is 7.15. The van der Waals surface area contributed by atoms with Crippen LogP contribution in [0.25, 0.3) is 32.0 Å². The number of rotatable bonds is 14. The van der Waals surface area contributed by atoms with Crippen LogP contribution in [-0.2, 0) is 16.1 Å². The number of amides is 2. The fraction of sp³-hybridized carbons (Fsp3) is 0.444. The van der Waals surface area contributed by atoms with Crippen LogP contribution < -0.4 is 10.6 Å². The summed E-state index contributed by atoms with van der Waals surface area (Å²) in [5.41, 5.74) is 4.66. The van der Waals surface area contributed by atoms with Gasteiger partial charge in [-0.15, -0.1) is 22.7 Å². The second-order valence-corrected chi connectivity index (χ2v) is 14.4. The molecule has 2 aromatic heterocycles. The number of nitrogens with one attached hydrogen (secondary N) is 2. The van der Waals surface area contributed by atoms with Crippen LogP contribution in [0.5, 0.6) is 0 Å². The highest BCUT2D eigenvalue weighted by Crippen LogP contribution is 2.34. The van der Waals surface area contributed by atoms with Gasteiger partial charge in [0.05, 0.1) is 22.3 Å². The first-order chi connectivity index (χ1) is 22.0. The van der Waals surface area contributed by atoms with E-state index >= 15 is 0 Å². The molecule has 2 atom stereocenters. The Morgan fingerprint density at radius 1 is 0.889 bits per heavy atom. The van der Waals surface area contributed by atoms with Crippen LogP contribution in [0.2, 0.25) is 0 Å². The summed E-state index contributed by atoms with van der Waals surface area (Å²) >= 11 is 3.41. The molecule has 1 aliphatic heterocycles. The Labute approximate surface area is 274 Å². The quantitative estimate of drug-likeness (QED) is 0.146. The number of carbonyl (C=O) groups is 2. The summed E-state index contributed by atoms with van der Waals surface area (Å²) in [6.07, 6.45) is 11.6. The molecule has 4 aromatic rings. The van der Waals surface area contributed by atoms with Gasteiger partial charge in [-0.3, -0.25) is 9.59 Å². The summed E-state index contributed by atoms with van der Waals surface area (Å²) < 4.78 is 0. The van der Waals surface area contributed by atoms with Gasteiger partial charge in [-0.2, -0.15) is 0 Å². The van der Waals surface area contributed by atoms with Crippen LogP contribution in [0.3, 0.4) is 0 Å². The Balaban J connectivity index is 1.09. The number of aromatic nitrogens is 2. The van der Waals surface area contributed by atoms with E-state index < -0.39 is 6.04 Å². The van der Waals surface area contributed by atoms with Crippen LogP contribution in [0.4, 0.5) is 0 Å². The molecule has 45 heavy (non-hydrogen) atoms. The van der Waals surface area contributed by atoms with Crippen LogP contribution in [0.15, 0.2) is 60.9 Å². The first kappa shape index (κ1) is 31.6. The molecule has 3 heterocycles. The van der Waals surface area contributed by atoms with Crippen molar-refractivity contribution in [1.82, 2.24) is 25.5 Å². The molecule has 1 saturated carbocycles. The van der Waals surface area contributed by atoms with E-state index in [1.165, 1.54) is 39.4 Å². The van der Waals surface area contributed by atoms with Gasteiger partial charge in [-0.05, 0) is 67.3 Å². The molecule has 2 fully saturated rings. The van der Waals surface area contributed by atoms with E-state index in [9.17, 15) is 9.59 Å². The third kappa shape index (κ3) is 7.88. The molecule has 2 aromatic carbocycles. The van der Waals surface area contributed by atoms with Crippen molar-refractivity contribution >= 4 is 34.5 Å². The van der Waals surface area contributed by atoms with E-state index in [-0.39, 0.29) is 17.7 Å². The summed E-state index contributed by atoms with van der Waals surface area (Å²) in [6, 6.07) is 17.3. The van der Waals surface area contributed by atoms with Gasteiger partial charge in [-0.25, -0.2) is 9.97 Å². The van der Waals surface area contributed by atoms with E-state index in [2.05, 4.69) is 78.0 Å². The number of nitrogens with zero attached hydrogens (tertiary/aromatic N) is 3. The SMILES string of the molecule is CCCCC(NC(=O)C1CC1)C(=O)N(CCC)Cc1ncc(-c2ccc(-c3ccc(-c4cnc(C5CCCN5)s4)cc3)cc2)s1. The molecule has 0 bridgehead atoms. The van der Waals surface area contributed by atoms with Crippen molar-refractivity contribution in [1.29, 1.82) is 0 Å². The van der Waals surface area contributed by atoms with Crippen molar-refractivity contribution < 1.29 is 9.59 Å². The van der Waals surface area contributed by atoms with E-state index in [0.717, 1.165) is 54.1 Å². The molecular formula is C36H43N5O2S2. The molecule has 7 nitrogen and oxygen atoms in total. The van der Waals surface area contributed by atoms with Crippen molar-refractivity contribution in [2.24, 2.45) is 5.92 Å². The molecule has 2 N–H and O–H groups in total. The number of hydrogen-bond acceptors (Lipinski definition) is 7. The molecule has 0 spiro atoms. The molecule has 1 aliphatic carbocycles. The highest BCUT2D eigenvalue weighted by atomic mass is 32.1. The predicted octanol–water partition coefficient (Wildman–Crippen LogP) is 7.85. The first-order valence-corrected chi connectivity index (χ1v) is 18.1. The average Bonchev–Trinajstić information content (AvgIpc) is 3.41. The smallest absolute Gasteiger partial charge is 0.245 e. The molecule has 2 amide bonds. The van der Waals surface area contributed by atoms with Crippen molar-refractivity contribution in [2.75, 3.05) is 13.1 Å². The minimum Gasteiger partial charge on any atom is -0.344 e. The lowest BCUT2D eigenvalue weighted by atomic mass is 10.0. The summed E-state index contributed by atoms with van der Waals surface area (Å²) in [6.45, 7) is 6.38. The Kier molecular flexibility index (Phi) is 10.4. The van der Waals surface area contributed by atoms with Crippen LogP contribution in [-0.4, -0.2) is 45.8 Å². The lowest BCUT2D eigenvalue weighted by Crippen LogP contribution is -2.49. The maximum absolute atomic E-state index is 13.6. The number of unbranched alkanes of at least 4 members (excludes halogenated alkanes) is 1. The summed E-state index contributed by atoms with van der Waals surface area (Å²) in [4.78, 5) is 39.7. The Morgan fingerprint density at radius 2 is 1.53 bits per heavy atom. The molecule has 9 heteroatoms. The van der Waals surface area contributed by atoms with E-state index in [1.54, 1.807) is 22.7 Å². The maximum atomic E-state index is 13.6. The second kappa shape index (κ2) is 14.8. The van der Waals surface area contributed by atoms with Gasteiger partial charge >= 0.3 is 0 Å². The van der Waals surface area contributed by atoms with Gasteiger partial charge < -0.3 is 15.5 Å². The van der Waals surface area contributed by atoms with Crippen molar-refractivity contribution in [2.45, 2.75) is 83.8 Å². The zero-order valence-corrected chi connectivity index (χ0v) is 27.9. The largest absolute Gasteiger partial charge is 0.344 e. The van der Waals surface area contributed by atoms with Crippen LogP contribution in [0, 0.1) is 5.92 Å². The predicted molar refractivity (Wildman–Crippen MR) is 184 cm³/mol. The van der Waals surface area contributed by atoms with E-state index in [1.807, 2.05) is 17.3 Å². The Hall–Kier alpha value is -3.40. The highest BCUT2D eigenvalue weighted by Gasteiger charge is 2.33. The molecular weight excluding hydrogens is 599 g/mol. The monoisotopic (exact) mass is 641 g/mol. The molecule has 236 valence electrons. The third-order valence-corrected chi connectivity index (χ3v) is 10.8. The lowest BCUT2D eigenvalue weighted by molar-refractivity contribution is -0.137. The second-order valence-electron chi connectivity index (χ2n) is 12.2.